The van der Waals surface area contributed by atoms with E-state index in [2.05, 4.69) is 16.0 Å². The topological polar surface area (TPSA) is 109 Å². The van der Waals surface area contributed by atoms with Gasteiger partial charge in [-0.1, -0.05) is 29.8 Å². The number of benzene rings is 2. The Balaban J connectivity index is 1.72. The Kier molecular flexibility index (Phi) is 11.0. The number of nitrogens with one attached hydrogen (secondary N) is 3. The monoisotopic (exact) mass is 517 g/mol. The molecule has 0 spiro atoms. The second-order valence-electron chi connectivity index (χ2n) is 9.12. The fourth-order valence-corrected chi connectivity index (χ4v) is 4.65. The summed E-state index contributed by atoms with van der Waals surface area (Å²) in [6.07, 6.45) is 1.57. The maximum absolute atomic E-state index is 13.1. The van der Waals surface area contributed by atoms with Crippen LogP contribution in [0.25, 0.3) is 0 Å². The second kappa shape index (κ2) is 14.2. The van der Waals surface area contributed by atoms with Crippen molar-refractivity contribution in [2.75, 3.05) is 40.0 Å². The van der Waals surface area contributed by atoms with Crippen LogP contribution in [-0.2, 0) is 9.47 Å². The highest BCUT2D eigenvalue weighted by molar-refractivity contribution is 6.30. The van der Waals surface area contributed by atoms with Crippen LogP contribution >= 0.6 is 11.6 Å². The average molecular weight is 518 g/mol. The molecule has 2 aromatic carbocycles. The third kappa shape index (κ3) is 8.48. The van der Waals surface area contributed by atoms with E-state index in [0.717, 1.165) is 49.2 Å². The maximum atomic E-state index is 13.1. The van der Waals surface area contributed by atoms with Gasteiger partial charge in [-0.2, -0.15) is 0 Å². The molecule has 8 nitrogen and oxygen atoms in total. The van der Waals surface area contributed by atoms with Crippen molar-refractivity contribution in [2.24, 2.45) is 5.92 Å². The van der Waals surface area contributed by atoms with E-state index >= 15 is 0 Å². The van der Waals surface area contributed by atoms with Gasteiger partial charge in [-0.05, 0) is 80.1 Å². The summed E-state index contributed by atoms with van der Waals surface area (Å²) in [6, 6.07) is 13.0. The Hall–Kier alpha value is -2.65. The molecule has 1 saturated heterocycles. The average Bonchev–Trinajstić information content (AvgIpc) is 2.87. The fraction of sp³-hybridized carbons (Fsp3) is 0.481. The minimum atomic E-state index is -1.11. The zero-order chi connectivity index (χ0) is 25.9. The Morgan fingerprint density at radius 1 is 1.22 bits per heavy atom. The summed E-state index contributed by atoms with van der Waals surface area (Å²) in [7, 11) is 1.91. The Morgan fingerprint density at radius 2 is 2.06 bits per heavy atom. The van der Waals surface area contributed by atoms with Crippen LogP contribution in [0.3, 0.4) is 0 Å². The van der Waals surface area contributed by atoms with Crippen LogP contribution in [0.15, 0.2) is 42.5 Å². The number of likely N-dealkylation sites (N-methyl/N-ethyl adjacent to an activating group) is 1. The summed E-state index contributed by atoms with van der Waals surface area (Å²) >= 11 is 6.23. The summed E-state index contributed by atoms with van der Waals surface area (Å²) in [4.78, 5) is 23.9. The molecular weight excluding hydrogens is 482 g/mol. The predicted molar refractivity (Wildman–Crippen MR) is 140 cm³/mol. The largest absolute Gasteiger partial charge is 0.465 e. The molecule has 1 aliphatic heterocycles. The van der Waals surface area contributed by atoms with E-state index < -0.39 is 12.2 Å². The van der Waals surface area contributed by atoms with Gasteiger partial charge >= 0.3 is 6.09 Å². The molecule has 0 aliphatic carbocycles. The molecule has 1 heterocycles. The van der Waals surface area contributed by atoms with Crippen LogP contribution < -0.4 is 16.0 Å². The molecule has 0 radical (unpaired) electrons. The van der Waals surface area contributed by atoms with Crippen LogP contribution in [0.1, 0.15) is 52.4 Å². The number of halogens is 1. The third-order valence-electron chi connectivity index (χ3n) is 6.43. The van der Waals surface area contributed by atoms with Crippen LogP contribution in [-0.4, -0.2) is 63.1 Å². The number of hydrogen-bond donors (Lipinski definition) is 4. The lowest BCUT2D eigenvalue weighted by molar-refractivity contribution is 0.0478. The van der Waals surface area contributed by atoms with Crippen molar-refractivity contribution in [3.63, 3.8) is 0 Å². The summed E-state index contributed by atoms with van der Waals surface area (Å²) < 4.78 is 11.7. The van der Waals surface area contributed by atoms with Crippen molar-refractivity contribution < 1.29 is 24.2 Å². The van der Waals surface area contributed by atoms with Gasteiger partial charge in [0.25, 0.3) is 5.91 Å². The van der Waals surface area contributed by atoms with Gasteiger partial charge in [0.2, 0.25) is 0 Å². The van der Waals surface area contributed by atoms with Gasteiger partial charge in [0, 0.05) is 42.9 Å². The lowest BCUT2D eigenvalue weighted by Crippen LogP contribution is -2.41. The summed E-state index contributed by atoms with van der Waals surface area (Å²) in [6.45, 7) is 4.39. The minimum Gasteiger partial charge on any atom is -0.465 e. The Bertz CT molecular complexity index is 1010. The van der Waals surface area contributed by atoms with Gasteiger partial charge in [0.05, 0.1) is 6.61 Å². The van der Waals surface area contributed by atoms with E-state index in [0.29, 0.717) is 23.0 Å². The molecule has 0 bridgehead atoms. The van der Waals surface area contributed by atoms with E-state index in [9.17, 15) is 9.59 Å². The number of carbonyl (C=O) groups is 2. The summed E-state index contributed by atoms with van der Waals surface area (Å²) in [5.41, 5.74) is 3.13. The zero-order valence-corrected chi connectivity index (χ0v) is 21.6. The molecule has 2 amide bonds. The van der Waals surface area contributed by atoms with Crippen LogP contribution in [0.4, 0.5) is 4.79 Å². The number of hydrogen-bond acceptors (Lipinski definition) is 5. The smallest absolute Gasteiger partial charge is 0.404 e. The number of ether oxygens (including phenoxy) is 2. The quantitative estimate of drug-likeness (QED) is 0.315. The van der Waals surface area contributed by atoms with Crippen molar-refractivity contribution in [3.05, 3.63) is 69.7 Å². The molecule has 2 aromatic rings. The van der Waals surface area contributed by atoms with E-state index in [1.165, 1.54) is 0 Å². The Morgan fingerprint density at radius 3 is 2.75 bits per heavy atom. The van der Waals surface area contributed by atoms with Crippen molar-refractivity contribution >= 4 is 23.6 Å². The first-order chi connectivity index (χ1) is 17.4. The van der Waals surface area contributed by atoms with Gasteiger partial charge in [0.1, 0.15) is 6.10 Å². The highest BCUT2D eigenvalue weighted by Crippen LogP contribution is 2.31. The van der Waals surface area contributed by atoms with Gasteiger partial charge in [0.15, 0.2) is 0 Å². The van der Waals surface area contributed by atoms with Crippen molar-refractivity contribution in [1.29, 1.82) is 0 Å². The highest BCUT2D eigenvalue weighted by Gasteiger charge is 2.22. The minimum absolute atomic E-state index is 0.142. The molecule has 3 rings (SSSR count). The number of carbonyl (C=O) groups excluding carboxylic acids is 1. The predicted octanol–water partition coefficient (Wildman–Crippen LogP) is 4.16. The van der Waals surface area contributed by atoms with Crippen molar-refractivity contribution in [1.82, 2.24) is 16.0 Å². The first-order valence-corrected chi connectivity index (χ1v) is 12.7. The van der Waals surface area contributed by atoms with E-state index in [1.54, 1.807) is 12.1 Å². The molecule has 36 heavy (non-hydrogen) atoms. The molecular formula is C27H36ClN3O5. The number of carboxylic acid groups (broad SMARTS) is 1. The van der Waals surface area contributed by atoms with Gasteiger partial charge in [-0.15, -0.1) is 0 Å². The first kappa shape index (κ1) is 27.9. The second-order valence-corrected chi connectivity index (χ2v) is 9.56. The van der Waals surface area contributed by atoms with Gasteiger partial charge in [-0.25, -0.2) is 4.79 Å². The molecule has 0 aromatic heterocycles. The highest BCUT2D eigenvalue weighted by atomic mass is 35.5. The molecule has 1 fully saturated rings. The first-order valence-electron chi connectivity index (χ1n) is 12.3. The lowest BCUT2D eigenvalue weighted by atomic mass is 9.94. The van der Waals surface area contributed by atoms with E-state index in [4.69, 9.17) is 26.2 Å². The lowest BCUT2D eigenvalue weighted by Gasteiger charge is -2.26. The number of amides is 2. The van der Waals surface area contributed by atoms with Crippen LogP contribution in [0.5, 0.6) is 0 Å². The third-order valence-corrected chi connectivity index (χ3v) is 6.66. The molecule has 4 N–H and O–H groups in total. The maximum Gasteiger partial charge on any atom is 0.404 e. The molecule has 3 atom stereocenters. The summed E-state index contributed by atoms with van der Waals surface area (Å²) in [5, 5.41) is 18.1. The van der Waals surface area contributed by atoms with Gasteiger partial charge < -0.3 is 30.5 Å². The van der Waals surface area contributed by atoms with Crippen LogP contribution in [0.2, 0.25) is 5.02 Å². The zero-order valence-electron chi connectivity index (χ0n) is 20.9. The normalized spacial score (nSPS) is 17.2. The molecule has 9 heteroatoms. The SMILES string of the molecule is CN[C@@H](CNC(=O)c1ccc(C)c(C(OCCNC(=O)O)c2cccc(Cl)c2)c1)C[C@H]1CCCOC1. The molecule has 1 aliphatic rings. The summed E-state index contributed by atoms with van der Waals surface area (Å²) in [5.74, 6) is 0.346. The molecule has 1 unspecified atom stereocenters. The van der Waals surface area contributed by atoms with Crippen molar-refractivity contribution in [2.45, 2.75) is 38.3 Å². The van der Waals surface area contributed by atoms with E-state index in [-0.39, 0.29) is 25.1 Å². The fourth-order valence-electron chi connectivity index (χ4n) is 4.45. The number of aryl methyl sites for hydroxylation is 1. The number of rotatable bonds is 12. The Labute approximate surface area is 217 Å². The van der Waals surface area contributed by atoms with Crippen LogP contribution in [0, 0.1) is 12.8 Å². The molecule has 196 valence electrons. The van der Waals surface area contributed by atoms with Crippen molar-refractivity contribution in [3.8, 4) is 0 Å². The standard InChI is InChI=1S/C27H36ClN3O5/c1-18-8-9-21(26(32)31-16-23(29-2)13-19-5-4-11-35-17-19)15-24(18)25(36-12-10-30-27(33)34)20-6-3-7-22(28)14-20/h3,6-9,14-15,19,23,25,29-30H,4-5,10-13,16-17H2,1-2H3,(H,31,32)(H,33,34)/t19-,23-,25?/m1/s1. The molecule has 0 saturated carbocycles. The van der Waals surface area contributed by atoms with Gasteiger partial charge in [-0.3, -0.25) is 4.79 Å². The van der Waals surface area contributed by atoms with E-state index in [1.807, 2.05) is 44.3 Å².